The Hall–Kier alpha value is -1.01. The number of nitrogens with one attached hydrogen (secondary N) is 1. The Morgan fingerprint density at radius 2 is 2.18 bits per heavy atom. The molecular weight excluding hydrogens is 136 g/mol. The van der Waals surface area contributed by atoms with Crippen molar-refractivity contribution < 1.29 is 0 Å². The van der Waals surface area contributed by atoms with Crippen molar-refractivity contribution in [1.82, 2.24) is 9.98 Å². The fourth-order valence-corrected chi connectivity index (χ4v) is 0.670. The van der Waals surface area contributed by atoms with Crippen molar-refractivity contribution >= 4 is 12.4 Å². The molecule has 0 aromatic carbocycles. The van der Waals surface area contributed by atoms with Gasteiger partial charge in [-0.05, 0) is 6.42 Å². The Kier molecular flexibility index (Phi) is 6.45. The Morgan fingerprint density at radius 3 is 2.64 bits per heavy atom. The highest BCUT2D eigenvalue weighted by Gasteiger charge is 1.92. The highest BCUT2D eigenvalue weighted by molar-refractivity contribution is 5.80. The first-order chi connectivity index (χ1) is 5.35. The van der Waals surface area contributed by atoms with Gasteiger partial charge in [0.25, 0.3) is 12.4 Å². The molecule has 1 N–H and O–H groups in total. The van der Waals surface area contributed by atoms with Crippen molar-refractivity contribution in [3.05, 3.63) is 11.8 Å². The van der Waals surface area contributed by atoms with E-state index in [2.05, 4.69) is 23.8 Å². The summed E-state index contributed by atoms with van der Waals surface area (Å²) < 4.78 is 4.12. The fraction of sp³-hybridized carbons (Fsp3) is 0.556. The van der Waals surface area contributed by atoms with Crippen LogP contribution in [0.2, 0.25) is 0 Å². The summed E-state index contributed by atoms with van der Waals surface area (Å²) >= 11 is 0. The lowest BCUT2D eigenvalue weighted by molar-refractivity contribution is 1.05. The zero-order chi connectivity index (χ0) is 8.53. The third-order valence-electron chi connectivity index (χ3n) is 1.27. The van der Waals surface area contributed by atoms with E-state index in [4.69, 9.17) is 0 Å². The van der Waals surface area contributed by atoms with Gasteiger partial charge in [-0.3, -0.25) is 0 Å². The second-order valence-electron chi connectivity index (χ2n) is 2.23. The summed E-state index contributed by atoms with van der Waals surface area (Å²) in [6, 6.07) is 0. The minimum Gasteiger partial charge on any atom is -0.394 e. The predicted molar refractivity (Wildman–Crippen MR) is 52.0 cm³/mol. The van der Waals surface area contributed by atoms with Crippen molar-refractivity contribution in [2.24, 2.45) is 0 Å². The molecule has 0 radical (unpaired) electrons. The lowest BCUT2D eigenvalue weighted by atomic mass is 10.2. The van der Waals surface area contributed by atoms with Gasteiger partial charge >= 0.3 is 0 Å². The maximum Gasteiger partial charge on any atom is 0.296 e. The molecule has 0 amide bonds. The van der Waals surface area contributed by atoms with Crippen LogP contribution < -0.4 is 9.98 Å². The minimum absolute atomic E-state index is 0.993. The Labute approximate surface area is 68.8 Å². The van der Waals surface area contributed by atoms with Gasteiger partial charge in [0.1, 0.15) is 0 Å². The number of hydrogen-bond acceptors (Lipinski definition) is 1. The van der Waals surface area contributed by atoms with Crippen molar-refractivity contribution in [2.45, 2.75) is 26.7 Å². The van der Waals surface area contributed by atoms with Crippen LogP contribution >= 0.6 is 0 Å². The molecule has 11 heavy (non-hydrogen) atoms. The molecule has 0 aliphatic rings. The van der Waals surface area contributed by atoms with E-state index in [-0.39, 0.29) is 0 Å². The third-order valence-corrected chi connectivity index (χ3v) is 1.27. The maximum absolute atomic E-state index is 4.12. The van der Waals surface area contributed by atoms with Gasteiger partial charge in [0.2, 0.25) is 0 Å². The number of allylic oxidation sites excluding steroid dienone is 1. The summed E-state index contributed by atoms with van der Waals surface area (Å²) in [4.78, 5) is 0. The largest absolute Gasteiger partial charge is 0.394 e. The Morgan fingerprint density at radius 1 is 1.45 bits per heavy atom. The topological polar surface area (TPSA) is 26.1 Å². The van der Waals surface area contributed by atoms with Gasteiger partial charge in [0.05, 0.1) is 0 Å². The van der Waals surface area contributed by atoms with E-state index in [1.165, 1.54) is 5.57 Å². The van der Waals surface area contributed by atoms with Gasteiger partial charge < -0.3 is 5.32 Å². The number of hydrogen-bond donors (Lipinski definition) is 1. The molecule has 0 aliphatic heterocycles. The summed E-state index contributed by atoms with van der Waals surface area (Å²) in [6.07, 6.45) is 7.76. The number of nitrogens with zero attached hydrogens (tertiary/aromatic N) is 1. The molecule has 0 aromatic heterocycles. The second kappa shape index (κ2) is 7.10. The van der Waals surface area contributed by atoms with E-state index in [1.807, 2.05) is 25.7 Å². The highest BCUT2D eigenvalue weighted by Crippen LogP contribution is 1.91. The van der Waals surface area contributed by atoms with E-state index in [1.54, 1.807) is 0 Å². The van der Waals surface area contributed by atoms with Gasteiger partial charge in [-0.1, -0.05) is 13.8 Å². The first kappa shape index (κ1) is 9.99. The Bertz CT molecular complexity index is 174. The van der Waals surface area contributed by atoms with Crippen molar-refractivity contribution in [3.63, 3.8) is 0 Å². The van der Waals surface area contributed by atoms with Crippen LogP contribution in [-0.2, 0) is 0 Å². The van der Waals surface area contributed by atoms with E-state index in [0.717, 1.165) is 12.8 Å². The van der Waals surface area contributed by atoms with Crippen LogP contribution in [0.5, 0.6) is 0 Å². The van der Waals surface area contributed by atoms with E-state index in [9.17, 15) is 0 Å². The van der Waals surface area contributed by atoms with E-state index >= 15 is 0 Å². The quantitative estimate of drug-likeness (QED) is 0.475. The predicted octanol–water partition coefficient (Wildman–Crippen LogP) is 1.12. The molecule has 2 nitrogen and oxygen atoms in total. The lowest BCUT2D eigenvalue weighted by Crippen LogP contribution is -1.98. The zero-order valence-corrected chi connectivity index (χ0v) is 7.59. The van der Waals surface area contributed by atoms with Crippen molar-refractivity contribution in [3.8, 4) is 0 Å². The highest BCUT2D eigenvalue weighted by atomic mass is 14.8. The molecule has 62 valence electrons. The van der Waals surface area contributed by atoms with E-state index in [0.29, 0.717) is 0 Å². The van der Waals surface area contributed by atoms with Crippen LogP contribution in [0, 0.1) is 0 Å². The molecule has 2 heteroatoms. The summed E-state index contributed by atoms with van der Waals surface area (Å²) in [7, 11) is 1.90. The summed E-state index contributed by atoms with van der Waals surface area (Å²) in [5.74, 6) is 0. The summed E-state index contributed by atoms with van der Waals surface area (Å²) in [5.41, 5.74) is 1.22. The van der Waals surface area contributed by atoms with Crippen LogP contribution in [0.15, 0.2) is 11.8 Å². The summed E-state index contributed by atoms with van der Waals surface area (Å²) in [6.45, 7) is 4.19. The first-order valence-electron chi connectivity index (χ1n) is 4.06. The second-order valence-corrected chi connectivity index (χ2v) is 2.23. The number of rotatable bonds is 4. The van der Waals surface area contributed by atoms with Crippen molar-refractivity contribution in [2.75, 3.05) is 7.05 Å². The lowest BCUT2D eigenvalue weighted by Gasteiger charge is -1.87. The molecule has 0 saturated heterocycles. The molecule has 0 aliphatic carbocycles. The van der Waals surface area contributed by atoms with Gasteiger partial charge in [-0.2, -0.15) is 0 Å². The van der Waals surface area contributed by atoms with Crippen LogP contribution in [0.4, 0.5) is 0 Å². The monoisotopic (exact) mass is 153 g/mol. The van der Waals surface area contributed by atoms with Gasteiger partial charge in [0, 0.05) is 25.2 Å². The van der Waals surface area contributed by atoms with Gasteiger partial charge in [0.15, 0.2) is 0 Å². The average molecular weight is 153 g/mol. The molecule has 0 bridgehead atoms. The van der Waals surface area contributed by atoms with Crippen molar-refractivity contribution in [1.29, 1.82) is 0 Å². The molecular formula is C9H17N2+. The minimum atomic E-state index is 0.993. The van der Waals surface area contributed by atoms with Crippen LogP contribution in [0.1, 0.15) is 26.7 Å². The molecule has 0 rings (SSSR count). The molecule has 0 aromatic rings. The van der Waals surface area contributed by atoms with Crippen LogP contribution in [-0.4, -0.2) is 19.5 Å². The SMILES string of the molecule is CCC=[N+]=C/C(=C\NC)CC. The smallest absolute Gasteiger partial charge is 0.296 e. The Balaban J connectivity index is 4.07. The molecule has 0 atom stereocenters. The molecule has 0 saturated carbocycles. The fourth-order valence-electron chi connectivity index (χ4n) is 0.670. The van der Waals surface area contributed by atoms with Gasteiger partial charge in [-0.15, -0.1) is 4.67 Å². The molecule has 0 unspecified atom stereocenters. The zero-order valence-electron chi connectivity index (χ0n) is 7.59. The molecule has 0 fully saturated rings. The first-order valence-corrected chi connectivity index (χ1v) is 4.06. The third kappa shape index (κ3) is 5.43. The molecule has 0 heterocycles. The van der Waals surface area contributed by atoms with Gasteiger partial charge in [-0.25, -0.2) is 0 Å². The molecule has 0 spiro atoms. The summed E-state index contributed by atoms with van der Waals surface area (Å²) in [5, 5.41) is 2.98. The standard InChI is InChI=1S/C9H16N2/c1-4-6-11-8-9(5-2)7-10-3/h6-8H,4-5H2,1-3H3/p+1. The normalized spacial score (nSPS) is 10.3. The average Bonchev–Trinajstić information content (AvgIpc) is 2.03. The maximum atomic E-state index is 4.12. The van der Waals surface area contributed by atoms with Crippen LogP contribution in [0.3, 0.4) is 0 Å². The van der Waals surface area contributed by atoms with Crippen LogP contribution in [0.25, 0.3) is 0 Å². The van der Waals surface area contributed by atoms with E-state index < -0.39 is 0 Å².